The quantitative estimate of drug-likeness (QED) is 0.761. The highest BCUT2D eigenvalue weighted by atomic mass is 35.5. The second kappa shape index (κ2) is 8.02. The van der Waals surface area contributed by atoms with E-state index < -0.39 is 20.0 Å². The molecule has 1 aliphatic heterocycles. The SMILES string of the molecule is Cc1ccc(S(=O)(=O)Nc2ccc(S(=O)(=O)N3CCCC(C)C3)cc2)c(Cl)c1. The Morgan fingerprint density at radius 3 is 2.36 bits per heavy atom. The number of anilines is 1. The van der Waals surface area contributed by atoms with Gasteiger partial charge >= 0.3 is 0 Å². The lowest BCUT2D eigenvalue weighted by molar-refractivity contribution is 0.281. The number of piperidine rings is 1. The molecule has 6 nitrogen and oxygen atoms in total. The summed E-state index contributed by atoms with van der Waals surface area (Å²) in [5, 5.41) is 0.130. The van der Waals surface area contributed by atoms with E-state index in [0.29, 0.717) is 19.0 Å². The highest BCUT2D eigenvalue weighted by Crippen LogP contribution is 2.27. The number of halogens is 1. The van der Waals surface area contributed by atoms with Gasteiger partial charge in [-0.15, -0.1) is 0 Å². The summed E-state index contributed by atoms with van der Waals surface area (Å²) in [6.45, 7) is 4.86. The molecule has 0 aliphatic carbocycles. The van der Waals surface area contributed by atoms with E-state index in [9.17, 15) is 16.8 Å². The third-order valence-electron chi connectivity index (χ3n) is 4.74. The van der Waals surface area contributed by atoms with Crippen molar-refractivity contribution in [2.24, 2.45) is 5.92 Å². The first-order chi connectivity index (χ1) is 13.1. The van der Waals surface area contributed by atoms with Crippen molar-refractivity contribution in [2.75, 3.05) is 17.8 Å². The van der Waals surface area contributed by atoms with Gasteiger partial charge in [-0.05, 0) is 67.6 Å². The Morgan fingerprint density at radius 2 is 1.75 bits per heavy atom. The van der Waals surface area contributed by atoms with Crippen LogP contribution < -0.4 is 4.72 Å². The van der Waals surface area contributed by atoms with Gasteiger partial charge in [0.25, 0.3) is 10.0 Å². The monoisotopic (exact) mass is 442 g/mol. The molecule has 28 heavy (non-hydrogen) atoms. The predicted octanol–water partition coefficient (Wildman–Crippen LogP) is 3.87. The van der Waals surface area contributed by atoms with Crippen LogP contribution in [0.5, 0.6) is 0 Å². The zero-order valence-corrected chi connectivity index (χ0v) is 18.1. The van der Waals surface area contributed by atoms with Crippen LogP contribution in [0, 0.1) is 12.8 Å². The molecule has 1 aliphatic rings. The fourth-order valence-electron chi connectivity index (χ4n) is 3.24. The van der Waals surface area contributed by atoms with Crippen LogP contribution in [0.15, 0.2) is 52.3 Å². The van der Waals surface area contributed by atoms with Gasteiger partial charge in [-0.2, -0.15) is 4.31 Å². The predicted molar refractivity (Wildman–Crippen MR) is 111 cm³/mol. The van der Waals surface area contributed by atoms with Crippen molar-refractivity contribution in [2.45, 2.75) is 36.5 Å². The lowest BCUT2D eigenvalue weighted by Crippen LogP contribution is -2.39. The van der Waals surface area contributed by atoms with Crippen molar-refractivity contribution < 1.29 is 16.8 Å². The van der Waals surface area contributed by atoms with Crippen LogP contribution in [0.3, 0.4) is 0 Å². The minimum atomic E-state index is -3.88. The smallest absolute Gasteiger partial charge is 0.263 e. The number of hydrogen-bond acceptors (Lipinski definition) is 4. The topological polar surface area (TPSA) is 83.5 Å². The molecule has 2 aromatic carbocycles. The number of rotatable bonds is 5. The number of aryl methyl sites for hydroxylation is 1. The molecule has 0 aromatic heterocycles. The molecule has 2 aromatic rings. The van der Waals surface area contributed by atoms with E-state index in [1.165, 1.54) is 34.6 Å². The van der Waals surface area contributed by atoms with E-state index in [2.05, 4.69) is 4.72 Å². The molecule has 1 N–H and O–H groups in total. The fourth-order valence-corrected chi connectivity index (χ4v) is 6.50. The summed E-state index contributed by atoms with van der Waals surface area (Å²) in [5.41, 5.74) is 1.12. The zero-order chi connectivity index (χ0) is 20.5. The Hall–Kier alpha value is -1.61. The molecule has 1 fully saturated rings. The van der Waals surface area contributed by atoms with Crippen LogP contribution in [-0.2, 0) is 20.0 Å². The molecular weight excluding hydrogens is 420 g/mol. The van der Waals surface area contributed by atoms with Crippen molar-refractivity contribution in [3.63, 3.8) is 0 Å². The largest absolute Gasteiger partial charge is 0.280 e. The van der Waals surface area contributed by atoms with Crippen LogP contribution in [0.4, 0.5) is 5.69 Å². The van der Waals surface area contributed by atoms with E-state index in [1.54, 1.807) is 12.1 Å². The number of sulfonamides is 2. The fraction of sp³-hybridized carbons (Fsp3) is 0.368. The van der Waals surface area contributed by atoms with E-state index >= 15 is 0 Å². The molecule has 9 heteroatoms. The molecule has 0 bridgehead atoms. The van der Waals surface area contributed by atoms with Gasteiger partial charge in [0, 0.05) is 18.8 Å². The third-order valence-corrected chi connectivity index (χ3v) is 8.48. The van der Waals surface area contributed by atoms with Crippen LogP contribution in [0.2, 0.25) is 5.02 Å². The minimum Gasteiger partial charge on any atom is -0.280 e. The second-order valence-electron chi connectivity index (χ2n) is 7.17. The number of benzene rings is 2. The molecule has 3 rings (SSSR count). The Kier molecular flexibility index (Phi) is 6.05. The number of nitrogens with zero attached hydrogens (tertiary/aromatic N) is 1. The zero-order valence-electron chi connectivity index (χ0n) is 15.7. The maximum Gasteiger partial charge on any atom is 0.263 e. The van der Waals surface area contributed by atoms with Crippen LogP contribution >= 0.6 is 11.6 Å². The van der Waals surface area contributed by atoms with Crippen molar-refractivity contribution in [1.29, 1.82) is 0 Å². The first-order valence-corrected chi connectivity index (χ1v) is 12.3. The normalized spacial score (nSPS) is 18.8. The first kappa shape index (κ1) is 21.1. The maximum atomic E-state index is 12.8. The summed E-state index contributed by atoms with van der Waals surface area (Å²) >= 11 is 6.06. The van der Waals surface area contributed by atoms with Gasteiger partial charge in [-0.25, -0.2) is 16.8 Å². The summed E-state index contributed by atoms with van der Waals surface area (Å²) in [7, 11) is -7.46. The Labute approximate surface area is 171 Å². The lowest BCUT2D eigenvalue weighted by atomic mass is 10.0. The van der Waals surface area contributed by atoms with Crippen molar-refractivity contribution in [3.05, 3.63) is 53.1 Å². The molecule has 152 valence electrons. The van der Waals surface area contributed by atoms with Crippen molar-refractivity contribution >= 4 is 37.3 Å². The van der Waals surface area contributed by atoms with Crippen LogP contribution in [-0.4, -0.2) is 34.2 Å². The molecule has 0 saturated carbocycles. The standard InChI is InChI=1S/C19H23ClN2O4S2/c1-14-5-10-19(18(20)12-14)27(23,24)21-16-6-8-17(9-7-16)28(25,26)22-11-3-4-15(2)13-22/h5-10,12,15,21H,3-4,11,13H2,1-2H3. The Bertz CT molecular complexity index is 1070. The van der Waals surface area contributed by atoms with Gasteiger partial charge in [0.1, 0.15) is 4.90 Å². The van der Waals surface area contributed by atoms with Gasteiger partial charge in [0.15, 0.2) is 0 Å². The Morgan fingerprint density at radius 1 is 1.07 bits per heavy atom. The molecule has 0 radical (unpaired) electrons. The lowest BCUT2D eigenvalue weighted by Gasteiger charge is -2.30. The van der Waals surface area contributed by atoms with E-state index in [-0.39, 0.29) is 20.5 Å². The summed E-state index contributed by atoms with van der Waals surface area (Å²) < 4.78 is 54.7. The minimum absolute atomic E-state index is 0.0289. The van der Waals surface area contributed by atoms with Crippen LogP contribution in [0.25, 0.3) is 0 Å². The van der Waals surface area contributed by atoms with E-state index in [4.69, 9.17) is 11.6 Å². The van der Waals surface area contributed by atoms with Gasteiger partial charge in [0.05, 0.1) is 9.92 Å². The van der Waals surface area contributed by atoms with Gasteiger partial charge in [-0.1, -0.05) is 24.6 Å². The average molecular weight is 443 g/mol. The average Bonchev–Trinajstić information content (AvgIpc) is 2.61. The van der Waals surface area contributed by atoms with E-state index in [0.717, 1.165) is 18.4 Å². The molecule has 1 unspecified atom stereocenters. The summed E-state index contributed by atoms with van der Waals surface area (Å²) in [6, 6.07) is 10.4. The molecule has 1 saturated heterocycles. The summed E-state index contributed by atoms with van der Waals surface area (Å²) in [6.07, 6.45) is 1.86. The van der Waals surface area contributed by atoms with Gasteiger partial charge in [-0.3, -0.25) is 4.72 Å². The highest BCUT2D eigenvalue weighted by Gasteiger charge is 2.28. The van der Waals surface area contributed by atoms with E-state index in [1.807, 2.05) is 13.8 Å². The second-order valence-corrected chi connectivity index (χ2v) is 11.2. The first-order valence-electron chi connectivity index (χ1n) is 8.99. The summed E-state index contributed by atoms with van der Waals surface area (Å²) in [5.74, 6) is 0.328. The number of nitrogens with one attached hydrogen (secondary N) is 1. The van der Waals surface area contributed by atoms with Gasteiger partial charge < -0.3 is 0 Å². The van der Waals surface area contributed by atoms with Crippen LogP contribution in [0.1, 0.15) is 25.3 Å². The third kappa shape index (κ3) is 4.51. The molecule has 1 heterocycles. The van der Waals surface area contributed by atoms with Crippen molar-refractivity contribution in [1.82, 2.24) is 4.31 Å². The molecular formula is C19H23ClN2O4S2. The molecule has 0 amide bonds. The Balaban J connectivity index is 1.81. The summed E-state index contributed by atoms with van der Waals surface area (Å²) in [4.78, 5) is 0.122. The molecule has 1 atom stereocenters. The van der Waals surface area contributed by atoms with Gasteiger partial charge in [0.2, 0.25) is 10.0 Å². The van der Waals surface area contributed by atoms with Crippen molar-refractivity contribution in [3.8, 4) is 0 Å². The highest BCUT2D eigenvalue weighted by molar-refractivity contribution is 7.92. The molecule has 0 spiro atoms. The maximum absolute atomic E-state index is 12.8. The number of hydrogen-bond donors (Lipinski definition) is 1.